The summed E-state index contributed by atoms with van der Waals surface area (Å²) in [5, 5.41) is 2.95. The van der Waals surface area contributed by atoms with Crippen LogP contribution in [0.15, 0.2) is 58.3 Å². The number of carbonyl (C=O) groups excluding carboxylic acids is 1. The van der Waals surface area contributed by atoms with Crippen LogP contribution in [0.25, 0.3) is 0 Å². The van der Waals surface area contributed by atoms with Crippen LogP contribution >= 0.6 is 11.8 Å². The molecule has 0 radical (unpaired) electrons. The molecule has 0 bridgehead atoms. The molecule has 1 amide bonds. The molecule has 0 atom stereocenters. The van der Waals surface area contributed by atoms with Gasteiger partial charge in [-0.1, -0.05) is 37.1 Å². The molecule has 1 aliphatic rings. The van der Waals surface area contributed by atoms with Gasteiger partial charge in [0.05, 0.1) is 10.6 Å². The molecular formula is C22H28N2O3S2. The summed E-state index contributed by atoms with van der Waals surface area (Å²) < 4.78 is 27.3. The third kappa shape index (κ3) is 5.84. The van der Waals surface area contributed by atoms with E-state index in [0.29, 0.717) is 30.8 Å². The average Bonchev–Trinajstić information content (AvgIpc) is 3.03. The quantitative estimate of drug-likeness (QED) is 0.652. The second-order valence-electron chi connectivity index (χ2n) is 7.21. The van der Waals surface area contributed by atoms with Crippen LogP contribution in [0.4, 0.5) is 5.69 Å². The Morgan fingerprint density at radius 2 is 1.66 bits per heavy atom. The topological polar surface area (TPSA) is 66.5 Å². The molecular weight excluding hydrogens is 404 g/mol. The summed E-state index contributed by atoms with van der Waals surface area (Å²) in [6, 6.07) is 14.7. The van der Waals surface area contributed by atoms with Gasteiger partial charge < -0.3 is 5.32 Å². The average molecular weight is 433 g/mol. The number of nitrogens with zero attached hydrogens (tertiary/aromatic N) is 1. The van der Waals surface area contributed by atoms with Gasteiger partial charge in [-0.05, 0) is 55.3 Å². The molecule has 2 aromatic carbocycles. The molecule has 1 N–H and O–H groups in total. The molecule has 0 saturated carbocycles. The molecule has 7 heteroatoms. The molecule has 156 valence electrons. The Labute approximate surface area is 177 Å². The Morgan fingerprint density at radius 3 is 2.31 bits per heavy atom. The lowest BCUT2D eigenvalue weighted by atomic mass is 10.1. The van der Waals surface area contributed by atoms with Crippen LogP contribution in [-0.4, -0.2) is 38.0 Å². The number of hydrogen-bond donors (Lipinski definition) is 1. The van der Waals surface area contributed by atoms with Gasteiger partial charge in [0.1, 0.15) is 0 Å². The Kier molecular flexibility index (Phi) is 7.75. The van der Waals surface area contributed by atoms with Crippen LogP contribution in [0.2, 0.25) is 0 Å². The predicted octanol–water partition coefficient (Wildman–Crippen LogP) is 4.54. The van der Waals surface area contributed by atoms with Crippen molar-refractivity contribution in [3.05, 3.63) is 54.1 Å². The highest BCUT2D eigenvalue weighted by Crippen LogP contribution is 2.25. The number of amides is 1. The van der Waals surface area contributed by atoms with Gasteiger partial charge in [-0.3, -0.25) is 4.79 Å². The molecule has 1 fully saturated rings. The van der Waals surface area contributed by atoms with E-state index in [1.807, 2.05) is 42.7 Å². The number of sulfonamides is 1. The van der Waals surface area contributed by atoms with Crippen molar-refractivity contribution in [3.63, 3.8) is 0 Å². The summed E-state index contributed by atoms with van der Waals surface area (Å²) in [7, 11) is -3.43. The van der Waals surface area contributed by atoms with E-state index in [1.54, 1.807) is 28.2 Å². The van der Waals surface area contributed by atoms with Crippen molar-refractivity contribution in [3.8, 4) is 0 Å². The van der Waals surface area contributed by atoms with Gasteiger partial charge in [0.25, 0.3) is 0 Å². The van der Waals surface area contributed by atoms with Crippen molar-refractivity contribution >= 4 is 33.4 Å². The van der Waals surface area contributed by atoms with Gasteiger partial charge in [-0.2, -0.15) is 4.31 Å². The largest absolute Gasteiger partial charge is 0.325 e. The van der Waals surface area contributed by atoms with E-state index >= 15 is 0 Å². The maximum absolute atomic E-state index is 12.8. The number of rotatable bonds is 7. The first-order chi connectivity index (χ1) is 14.0. The van der Waals surface area contributed by atoms with E-state index in [0.717, 1.165) is 41.8 Å². The molecule has 3 rings (SSSR count). The van der Waals surface area contributed by atoms with Gasteiger partial charge in [0.2, 0.25) is 15.9 Å². The van der Waals surface area contributed by atoms with Gasteiger partial charge in [0, 0.05) is 24.4 Å². The van der Waals surface area contributed by atoms with Crippen LogP contribution in [0, 0.1) is 0 Å². The number of aryl methyl sites for hydroxylation is 1. The van der Waals surface area contributed by atoms with Gasteiger partial charge >= 0.3 is 0 Å². The van der Waals surface area contributed by atoms with Crippen LogP contribution in [-0.2, 0) is 21.2 Å². The normalized spacial score (nSPS) is 15.6. The van der Waals surface area contributed by atoms with Gasteiger partial charge in [-0.25, -0.2) is 8.42 Å². The summed E-state index contributed by atoms with van der Waals surface area (Å²) in [6.07, 6.45) is 6.92. The summed E-state index contributed by atoms with van der Waals surface area (Å²) in [6.45, 7) is 1.20. The van der Waals surface area contributed by atoms with E-state index in [1.165, 1.54) is 0 Å². The molecule has 5 nitrogen and oxygen atoms in total. The Hall–Kier alpha value is -1.83. The van der Waals surface area contributed by atoms with Crippen molar-refractivity contribution in [2.45, 2.75) is 48.3 Å². The van der Waals surface area contributed by atoms with Crippen molar-refractivity contribution in [1.82, 2.24) is 4.31 Å². The molecule has 0 aromatic heterocycles. The molecule has 1 heterocycles. The lowest BCUT2D eigenvalue weighted by Gasteiger charge is -2.20. The number of carbonyl (C=O) groups is 1. The molecule has 1 saturated heterocycles. The zero-order valence-corrected chi connectivity index (χ0v) is 18.4. The number of nitrogens with one attached hydrogen (secondary N) is 1. The number of anilines is 1. The van der Waals surface area contributed by atoms with Crippen molar-refractivity contribution < 1.29 is 13.2 Å². The Balaban J connectivity index is 1.58. The fourth-order valence-corrected chi connectivity index (χ4v) is 5.55. The second-order valence-corrected chi connectivity index (χ2v) is 10.00. The molecule has 0 unspecified atom stereocenters. The lowest BCUT2D eigenvalue weighted by molar-refractivity contribution is -0.116. The first-order valence-corrected chi connectivity index (χ1v) is 12.7. The highest BCUT2D eigenvalue weighted by molar-refractivity contribution is 7.98. The third-order valence-corrected chi connectivity index (χ3v) is 7.86. The standard InChI is InChI=1S/C22H28N2O3S2/c1-28-21-9-5-4-8-20(21)23-22(25)15-12-18-10-13-19(14-11-18)29(26,27)24-16-6-2-3-7-17-24/h4-5,8-11,13-14H,2-3,6-7,12,15-17H2,1H3,(H,23,25). The first-order valence-electron chi connectivity index (χ1n) is 10.0. The zero-order valence-electron chi connectivity index (χ0n) is 16.8. The van der Waals surface area contributed by atoms with Crippen LogP contribution in [0.5, 0.6) is 0 Å². The number of thioether (sulfide) groups is 1. The SMILES string of the molecule is CSc1ccccc1NC(=O)CCc1ccc(S(=O)(=O)N2CCCCCC2)cc1. The number of benzene rings is 2. The van der Waals surface area contributed by atoms with E-state index in [4.69, 9.17) is 0 Å². The van der Waals surface area contributed by atoms with Crippen molar-refractivity contribution in [2.75, 3.05) is 24.7 Å². The van der Waals surface area contributed by atoms with Crippen LogP contribution in [0.1, 0.15) is 37.7 Å². The van der Waals surface area contributed by atoms with E-state index in [-0.39, 0.29) is 5.91 Å². The lowest BCUT2D eigenvalue weighted by Crippen LogP contribution is -2.31. The third-order valence-electron chi connectivity index (χ3n) is 5.15. The van der Waals surface area contributed by atoms with Crippen molar-refractivity contribution in [1.29, 1.82) is 0 Å². The highest BCUT2D eigenvalue weighted by Gasteiger charge is 2.24. The van der Waals surface area contributed by atoms with Crippen molar-refractivity contribution in [2.24, 2.45) is 0 Å². The maximum atomic E-state index is 12.8. The summed E-state index contributed by atoms with van der Waals surface area (Å²) in [5.41, 5.74) is 1.78. The fourth-order valence-electron chi connectivity index (χ4n) is 3.48. The summed E-state index contributed by atoms with van der Waals surface area (Å²) in [5.74, 6) is -0.0484. The Bertz CT molecular complexity index is 919. The summed E-state index contributed by atoms with van der Waals surface area (Å²) in [4.78, 5) is 13.7. The summed E-state index contributed by atoms with van der Waals surface area (Å²) >= 11 is 1.59. The van der Waals surface area contributed by atoms with Gasteiger partial charge in [-0.15, -0.1) is 11.8 Å². The monoisotopic (exact) mass is 432 g/mol. The van der Waals surface area contributed by atoms with Crippen LogP contribution in [0.3, 0.4) is 0 Å². The number of hydrogen-bond acceptors (Lipinski definition) is 4. The number of para-hydroxylation sites is 1. The van der Waals surface area contributed by atoms with E-state index in [9.17, 15) is 13.2 Å². The molecule has 0 aliphatic carbocycles. The smallest absolute Gasteiger partial charge is 0.243 e. The van der Waals surface area contributed by atoms with Crippen LogP contribution < -0.4 is 5.32 Å². The molecule has 29 heavy (non-hydrogen) atoms. The minimum Gasteiger partial charge on any atom is -0.325 e. The maximum Gasteiger partial charge on any atom is 0.243 e. The minimum absolute atomic E-state index is 0.0484. The zero-order chi connectivity index (χ0) is 20.7. The minimum atomic E-state index is -3.43. The van der Waals surface area contributed by atoms with Gasteiger partial charge in [0.15, 0.2) is 0 Å². The first kappa shape index (κ1) is 21.9. The van der Waals surface area contributed by atoms with E-state index in [2.05, 4.69) is 5.32 Å². The molecule has 2 aromatic rings. The Morgan fingerprint density at radius 1 is 1.00 bits per heavy atom. The molecule has 0 spiro atoms. The fraction of sp³-hybridized carbons (Fsp3) is 0.409. The predicted molar refractivity (Wildman–Crippen MR) is 119 cm³/mol. The highest BCUT2D eigenvalue weighted by atomic mass is 32.2. The second kappa shape index (κ2) is 10.3. The van der Waals surface area contributed by atoms with E-state index < -0.39 is 10.0 Å². The molecule has 1 aliphatic heterocycles.